The van der Waals surface area contributed by atoms with Crippen molar-refractivity contribution < 1.29 is 4.39 Å². The lowest BCUT2D eigenvalue weighted by atomic mass is 9.90. The van der Waals surface area contributed by atoms with E-state index in [0.29, 0.717) is 11.6 Å². The van der Waals surface area contributed by atoms with Crippen LogP contribution in [-0.2, 0) is 0 Å². The molecule has 2 fully saturated rings. The Morgan fingerprint density at radius 3 is 2.84 bits per heavy atom. The van der Waals surface area contributed by atoms with Crippen molar-refractivity contribution in [3.63, 3.8) is 0 Å². The zero-order valence-electron chi connectivity index (χ0n) is 11.6. The number of anilines is 1. The highest BCUT2D eigenvalue weighted by molar-refractivity contribution is 5.57. The van der Waals surface area contributed by atoms with Gasteiger partial charge in [0.15, 0.2) is 0 Å². The summed E-state index contributed by atoms with van der Waals surface area (Å²) >= 11 is 0. The van der Waals surface area contributed by atoms with Gasteiger partial charge in [-0.3, -0.25) is 0 Å². The van der Waals surface area contributed by atoms with Gasteiger partial charge >= 0.3 is 0 Å². The molecule has 1 aromatic carbocycles. The van der Waals surface area contributed by atoms with Crippen LogP contribution in [0.25, 0.3) is 0 Å². The molecule has 1 aliphatic carbocycles. The van der Waals surface area contributed by atoms with Crippen molar-refractivity contribution in [3.8, 4) is 0 Å². The van der Waals surface area contributed by atoms with Crippen LogP contribution in [0.2, 0.25) is 0 Å². The Kier molecular flexibility index (Phi) is 3.48. The molecule has 0 aromatic heterocycles. The van der Waals surface area contributed by atoms with E-state index >= 15 is 0 Å². The number of hydrogen-bond acceptors (Lipinski definition) is 2. The number of rotatable bonds is 2. The maximum atomic E-state index is 14.1. The number of hydrogen-bond donors (Lipinski definition) is 1. The molecule has 1 heterocycles. The topological polar surface area (TPSA) is 29.3 Å². The molecule has 104 valence electrons. The molecule has 0 bridgehead atoms. The van der Waals surface area contributed by atoms with Gasteiger partial charge in [0.2, 0.25) is 0 Å². The standard InChI is InChI=1S/C16H23FN2/c1-11(18)16-13(17)7-3-9-15(16)19-10-4-6-12-5-2-8-14(12)19/h3,7,9,11-12,14H,2,4-6,8,10,18H2,1H3. The molecular weight excluding hydrogens is 239 g/mol. The second-order valence-corrected chi connectivity index (χ2v) is 6.06. The van der Waals surface area contributed by atoms with Crippen LogP contribution in [0.5, 0.6) is 0 Å². The van der Waals surface area contributed by atoms with E-state index in [4.69, 9.17) is 5.73 Å². The van der Waals surface area contributed by atoms with Crippen LogP contribution in [0.15, 0.2) is 18.2 Å². The molecule has 2 nitrogen and oxygen atoms in total. The number of nitrogens with zero attached hydrogens (tertiary/aromatic N) is 1. The highest BCUT2D eigenvalue weighted by Gasteiger charge is 2.36. The van der Waals surface area contributed by atoms with Crippen LogP contribution in [0, 0.1) is 11.7 Å². The summed E-state index contributed by atoms with van der Waals surface area (Å²) in [5, 5.41) is 0. The Balaban J connectivity index is 1.99. The summed E-state index contributed by atoms with van der Waals surface area (Å²) in [6.45, 7) is 2.92. The summed E-state index contributed by atoms with van der Waals surface area (Å²) in [6, 6.07) is 5.74. The first-order chi connectivity index (χ1) is 9.18. The molecule has 3 rings (SSSR count). The maximum absolute atomic E-state index is 14.1. The van der Waals surface area contributed by atoms with E-state index in [0.717, 1.165) is 18.2 Å². The van der Waals surface area contributed by atoms with Gasteiger partial charge in [0.1, 0.15) is 5.82 Å². The minimum absolute atomic E-state index is 0.160. The zero-order chi connectivity index (χ0) is 13.4. The van der Waals surface area contributed by atoms with Gasteiger partial charge in [-0.1, -0.05) is 12.5 Å². The van der Waals surface area contributed by atoms with Gasteiger partial charge in [-0.25, -0.2) is 4.39 Å². The largest absolute Gasteiger partial charge is 0.368 e. The number of nitrogens with two attached hydrogens (primary N) is 1. The average molecular weight is 262 g/mol. The molecular formula is C16H23FN2. The summed E-state index contributed by atoms with van der Waals surface area (Å²) in [5.74, 6) is 0.644. The normalized spacial score (nSPS) is 28.3. The van der Waals surface area contributed by atoms with Crippen LogP contribution in [0.4, 0.5) is 10.1 Å². The number of fused-ring (bicyclic) bond motifs is 1. The molecule has 3 unspecified atom stereocenters. The summed E-state index contributed by atoms with van der Waals surface area (Å²) in [6.07, 6.45) is 6.46. The summed E-state index contributed by atoms with van der Waals surface area (Å²) in [4.78, 5) is 2.43. The molecule has 19 heavy (non-hydrogen) atoms. The lowest BCUT2D eigenvalue weighted by molar-refractivity contribution is 0.361. The Hall–Kier alpha value is -1.09. The lowest BCUT2D eigenvalue weighted by Crippen LogP contribution is -2.43. The predicted octanol–water partition coefficient (Wildman–Crippen LogP) is 3.61. The van der Waals surface area contributed by atoms with E-state index in [1.165, 1.54) is 38.2 Å². The molecule has 0 spiro atoms. The molecule has 1 saturated heterocycles. The summed E-state index contributed by atoms with van der Waals surface area (Å²) < 4.78 is 14.1. The van der Waals surface area contributed by atoms with Gasteiger partial charge in [-0.05, 0) is 50.7 Å². The maximum Gasteiger partial charge on any atom is 0.130 e. The second kappa shape index (κ2) is 5.12. The number of benzene rings is 1. The Morgan fingerprint density at radius 2 is 2.05 bits per heavy atom. The molecule has 2 N–H and O–H groups in total. The SMILES string of the molecule is CC(N)c1c(F)cccc1N1CCCC2CCCC21. The number of piperidine rings is 1. The summed E-state index contributed by atoms with van der Waals surface area (Å²) in [7, 11) is 0. The van der Waals surface area contributed by atoms with Gasteiger partial charge in [0.25, 0.3) is 0 Å². The van der Waals surface area contributed by atoms with E-state index < -0.39 is 0 Å². The fraction of sp³-hybridized carbons (Fsp3) is 0.625. The van der Waals surface area contributed by atoms with Crippen molar-refractivity contribution in [2.45, 2.75) is 51.1 Å². The van der Waals surface area contributed by atoms with Gasteiger partial charge in [0.05, 0.1) is 0 Å². The molecule has 1 saturated carbocycles. The van der Waals surface area contributed by atoms with E-state index in [1.54, 1.807) is 0 Å². The Labute approximate surface area is 114 Å². The molecule has 0 radical (unpaired) electrons. The van der Waals surface area contributed by atoms with Crippen LogP contribution < -0.4 is 10.6 Å². The van der Waals surface area contributed by atoms with Crippen LogP contribution >= 0.6 is 0 Å². The van der Waals surface area contributed by atoms with Gasteiger partial charge < -0.3 is 10.6 Å². The monoisotopic (exact) mass is 262 g/mol. The molecule has 1 aliphatic heterocycles. The van der Waals surface area contributed by atoms with Crippen molar-refractivity contribution in [1.29, 1.82) is 0 Å². The zero-order valence-corrected chi connectivity index (χ0v) is 11.6. The Morgan fingerprint density at radius 1 is 1.26 bits per heavy atom. The molecule has 2 aliphatic rings. The third-order valence-corrected chi connectivity index (χ3v) is 4.79. The van der Waals surface area contributed by atoms with Crippen molar-refractivity contribution in [2.24, 2.45) is 11.7 Å². The van der Waals surface area contributed by atoms with Crippen molar-refractivity contribution in [2.75, 3.05) is 11.4 Å². The summed E-state index contributed by atoms with van der Waals surface area (Å²) in [5.41, 5.74) is 7.72. The first kappa shape index (κ1) is 12.9. The molecule has 3 heteroatoms. The van der Waals surface area contributed by atoms with Gasteiger partial charge in [0, 0.05) is 29.9 Å². The molecule has 1 aromatic rings. The average Bonchev–Trinajstić information content (AvgIpc) is 2.85. The van der Waals surface area contributed by atoms with E-state index in [-0.39, 0.29) is 11.9 Å². The smallest absolute Gasteiger partial charge is 0.130 e. The van der Waals surface area contributed by atoms with Crippen LogP contribution in [0.3, 0.4) is 0 Å². The fourth-order valence-corrected chi connectivity index (χ4v) is 3.98. The third kappa shape index (κ3) is 2.25. The van der Waals surface area contributed by atoms with E-state index in [2.05, 4.69) is 4.90 Å². The van der Waals surface area contributed by atoms with Crippen molar-refractivity contribution >= 4 is 5.69 Å². The Bertz CT molecular complexity index is 458. The number of halogens is 1. The molecule has 3 atom stereocenters. The van der Waals surface area contributed by atoms with E-state index in [9.17, 15) is 4.39 Å². The fourth-order valence-electron chi connectivity index (χ4n) is 3.98. The van der Waals surface area contributed by atoms with Crippen LogP contribution in [0.1, 0.15) is 50.6 Å². The highest BCUT2D eigenvalue weighted by Crippen LogP contribution is 2.41. The van der Waals surface area contributed by atoms with E-state index in [1.807, 2.05) is 19.1 Å². The molecule has 0 amide bonds. The lowest BCUT2D eigenvalue weighted by Gasteiger charge is -2.41. The van der Waals surface area contributed by atoms with Crippen LogP contribution in [-0.4, -0.2) is 12.6 Å². The second-order valence-electron chi connectivity index (χ2n) is 6.06. The highest BCUT2D eigenvalue weighted by atomic mass is 19.1. The first-order valence-electron chi connectivity index (χ1n) is 7.49. The minimum atomic E-state index is -0.252. The quantitative estimate of drug-likeness (QED) is 0.882. The third-order valence-electron chi connectivity index (χ3n) is 4.79. The first-order valence-corrected chi connectivity index (χ1v) is 7.49. The van der Waals surface area contributed by atoms with Gasteiger partial charge in [-0.2, -0.15) is 0 Å². The van der Waals surface area contributed by atoms with Gasteiger partial charge in [-0.15, -0.1) is 0 Å². The van der Waals surface area contributed by atoms with Crippen molar-refractivity contribution in [3.05, 3.63) is 29.6 Å². The minimum Gasteiger partial charge on any atom is -0.368 e. The van der Waals surface area contributed by atoms with Crippen molar-refractivity contribution in [1.82, 2.24) is 0 Å². The predicted molar refractivity (Wildman–Crippen MR) is 76.7 cm³/mol.